The van der Waals surface area contributed by atoms with Crippen LogP contribution in [-0.4, -0.2) is 24.4 Å². The van der Waals surface area contributed by atoms with Crippen LogP contribution >= 0.6 is 12.6 Å². The zero-order valence-electron chi connectivity index (χ0n) is 8.32. The molecule has 3 nitrogen and oxygen atoms in total. The van der Waals surface area contributed by atoms with Crippen LogP contribution in [0.4, 0.5) is 0 Å². The summed E-state index contributed by atoms with van der Waals surface area (Å²) < 4.78 is 4.93. The van der Waals surface area contributed by atoms with Crippen molar-refractivity contribution in [3.63, 3.8) is 0 Å². The van der Waals surface area contributed by atoms with Crippen LogP contribution in [-0.2, 0) is 9.53 Å². The first-order valence-corrected chi connectivity index (χ1v) is 5.24. The van der Waals surface area contributed by atoms with E-state index in [-0.39, 0.29) is 5.97 Å². The average Bonchev–Trinajstić information content (AvgIpc) is 2.10. The number of thiol groups is 1. The molecule has 0 fully saturated rings. The molecule has 0 amide bonds. The molecule has 0 aromatic rings. The minimum Gasteiger partial charge on any atom is -0.465 e. The number of hydrogen-bond acceptors (Lipinski definition) is 4. The molecule has 0 spiro atoms. The van der Waals surface area contributed by atoms with Gasteiger partial charge in [0, 0.05) is 5.75 Å². The summed E-state index contributed by atoms with van der Waals surface area (Å²) in [5.74, 6) is 0.638. The standard InChI is InChI=1S/C9H19NO2S/c1-7(2)4-3-5-12-9(11)8(10)6-13/h7-8,13H,3-6,10H2,1-2H3/t8-/m0/s1. The molecule has 0 saturated carbocycles. The summed E-state index contributed by atoms with van der Waals surface area (Å²) in [5, 5.41) is 0. The van der Waals surface area contributed by atoms with Crippen LogP contribution in [0, 0.1) is 5.92 Å². The third kappa shape index (κ3) is 6.90. The van der Waals surface area contributed by atoms with Gasteiger partial charge in [-0.25, -0.2) is 0 Å². The Morgan fingerprint density at radius 2 is 2.15 bits per heavy atom. The molecule has 0 bridgehead atoms. The maximum absolute atomic E-state index is 11.0. The molecule has 0 radical (unpaired) electrons. The minimum atomic E-state index is -0.581. The Balaban J connectivity index is 3.37. The van der Waals surface area contributed by atoms with Crippen molar-refractivity contribution in [2.24, 2.45) is 11.7 Å². The van der Waals surface area contributed by atoms with E-state index in [0.717, 1.165) is 12.8 Å². The quantitative estimate of drug-likeness (QED) is 0.389. The third-order valence-electron chi connectivity index (χ3n) is 1.67. The van der Waals surface area contributed by atoms with Gasteiger partial charge in [-0.2, -0.15) is 12.6 Å². The van der Waals surface area contributed by atoms with Crippen LogP contribution in [0.5, 0.6) is 0 Å². The highest BCUT2D eigenvalue weighted by molar-refractivity contribution is 7.80. The van der Waals surface area contributed by atoms with E-state index in [1.165, 1.54) is 0 Å². The first kappa shape index (κ1) is 12.8. The number of esters is 1. The first-order valence-electron chi connectivity index (χ1n) is 4.61. The SMILES string of the molecule is CC(C)CCCOC(=O)[C@@H](N)CS. The summed E-state index contributed by atoms with van der Waals surface area (Å²) in [5.41, 5.74) is 5.41. The second-order valence-corrected chi connectivity index (χ2v) is 3.86. The highest BCUT2D eigenvalue weighted by Crippen LogP contribution is 2.03. The molecule has 4 heteroatoms. The lowest BCUT2D eigenvalue weighted by Crippen LogP contribution is -2.34. The maximum atomic E-state index is 11.0. The van der Waals surface area contributed by atoms with Gasteiger partial charge in [0.2, 0.25) is 0 Å². The van der Waals surface area contributed by atoms with Crippen LogP contribution < -0.4 is 5.73 Å². The van der Waals surface area contributed by atoms with Crippen LogP contribution in [0.3, 0.4) is 0 Å². The topological polar surface area (TPSA) is 52.3 Å². The molecule has 0 aliphatic carbocycles. The second kappa shape index (κ2) is 7.21. The molecule has 2 N–H and O–H groups in total. The summed E-state index contributed by atoms with van der Waals surface area (Å²) in [6.07, 6.45) is 1.98. The second-order valence-electron chi connectivity index (χ2n) is 3.49. The number of ether oxygens (including phenoxy) is 1. The van der Waals surface area contributed by atoms with Gasteiger partial charge < -0.3 is 10.5 Å². The fourth-order valence-corrected chi connectivity index (χ4v) is 0.995. The highest BCUT2D eigenvalue weighted by atomic mass is 32.1. The molecule has 0 rings (SSSR count). The lowest BCUT2D eigenvalue weighted by atomic mass is 10.1. The molecule has 13 heavy (non-hydrogen) atoms. The van der Waals surface area contributed by atoms with Gasteiger partial charge in [-0.1, -0.05) is 13.8 Å². The average molecular weight is 205 g/mol. The van der Waals surface area contributed by atoms with E-state index >= 15 is 0 Å². The predicted molar refractivity (Wildman–Crippen MR) is 56.9 cm³/mol. The van der Waals surface area contributed by atoms with Crippen molar-refractivity contribution in [2.45, 2.75) is 32.7 Å². The summed E-state index contributed by atoms with van der Waals surface area (Å²) in [4.78, 5) is 11.0. The molecular formula is C9H19NO2S. The van der Waals surface area contributed by atoms with Crippen molar-refractivity contribution in [1.29, 1.82) is 0 Å². The maximum Gasteiger partial charge on any atom is 0.323 e. The van der Waals surface area contributed by atoms with Gasteiger partial charge in [-0.3, -0.25) is 4.79 Å². The van der Waals surface area contributed by atoms with Crippen molar-refractivity contribution >= 4 is 18.6 Å². The minimum absolute atomic E-state index is 0.336. The largest absolute Gasteiger partial charge is 0.465 e. The van der Waals surface area contributed by atoms with Crippen LogP contribution in [0.1, 0.15) is 26.7 Å². The molecule has 0 aromatic heterocycles. The molecule has 1 atom stereocenters. The predicted octanol–water partition coefficient (Wildman–Crippen LogP) is 1.22. The van der Waals surface area contributed by atoms with Crippen molar-refractivity contribution in [2.75, 3.05) is 12.4 Å². The number of rotatable bonds is 6. The molecule has 0 aromatic carbocycles. The smallest absolute Gasteiger partial charge is 0.323 e. The molecule has 0 saturated heterocycles. The Bertz CT molecular complexity index is 151. The van der Waals surface area contributed by atoms with E-state index in [0.29, 0.717) is 18.3 Å². The zero-order valence-corrected chi connectivity index (χ0v) is 9.22. The van der Waals surface area contributed by atoms with E-state index in [2.05, 4.69) is 26.5 Å². The van der Waals surface area contributed by atoms with E-state index in [1.807, 2.05) is 0 Å². The summed E-state index contributed by atoms with van der Waals surface area (Å²) in [6.45, 7) is 4.75. The van der Waals surface area contributed by atoms with Gasteiger partial charge in [-0.15, -0.1) is 0 Å². The number of nitrogens with two attached hydrogens (primary N) is 1. The van der Waals surface area contributed by atoms with Gasteiger partial charge in [0.1, 0.15) is 6.04 Å². The number of hydrogen-bond donors (Lipinski definition) is 2. The Morgan fingerprint density at radius 1 is 1.54 bits per heavy atom. The first-order chi connectivity index (χ1) is 6.07. The Labute approximate surface area is 85.4 Å². The van der Waals surface area contributed by atoms with E-state index in [9.17, 15) is 4.79 Å². The number of carbonyl (C=O) groups excluding carboxylic acids is 1. The lowest BCUT2D eigenvalue weighted by Gasteiger charge is -2.09. The van der Waals surface area contributed by atoms with Gasteiger partial charge in [0.15, 0.2) is 0 Å². The van der Waals surface area contributed by atoms with Crippen LogP contribution in [0.25, 0.3) is 0 Å². The lowest BCUT2D eigenvalue weighted by molar-refractivity contribution is -0.144. The molecule has 78 valence electrons. The zero-order chi connectivity index (χ0) is 10.3. The fourth-order valence-electron chi connectivity index (χ4n) is 0.846. The molecule has 0 unspecified atom stereocenters. The normalized spacial score (nSPS) is 13.0. The fraction of sp³-hybridized carbons (Fsp3) is 0.889. The molecular weight excluding hydrogens is 186 g/mol. The summed E-state index contributed by atoms with van der Waals surface area (Å²) >= 11 is 3.91. The summed E-state index contributed by atoms with van der Waals surface area (Å²) in [7, 11) is 0. The highest BCUT2D eigenvalue weighted by Gasteiger charge is 2.12. The monoisotopic (exact) mass is 205 g/mol. The molecule has 0 heterocycles. The van der Waals surface area contributed by atoms with Gasteiger partial charge >= 0.3 is 5.97 Å². The third-order valence-corrected chi connectivity index (χ3v) is 2.06. The van der Waals surface area contributed by atoms with E-state index < -0.39 is 6.04 Å². The van der Waals surface area contributed by atoms with E-state index in [4.69, 9.17) is 10.5 Å². The van der Waals surface area contributed by atoms with Crippen LogP contribution in [0.2, 0.25) is 0 Å². The molecule has 0 aliphatic heterocycles. The van der Waals surface area contributed by atoms with Gasteiger partial charge in [0.05, 0.1) is 6.61 Å². The van der Waals surface area contributed by atoms with Gasteiger partial charge in [-0.05, 0) is 18.8 Å². The van der Waals surface area contributed by atoms with Crippen molar-refractivity contribution in [3.05, 3.63) is 0 Å². The number of carbonyl (C=O) groups is 1. The Morgan fingerprint density at radius 3 is 2.62 bits per heavy atom. The van der Waals surface area contributed by atoms with E-state index in [1.54, 1.807) is 0 Å². The van der Waals surface area contributed by atoms with Crippen LogP contribution in [0.15, 0.2) is 0 Å². The van der Waals surface area contributed by atoms with Crippen molar-refractivity contribution < 1.29 is 9.53 Å². The molecule has 0 aliphatic rings. The Hall–Kier alpha value is -0.220. The van der Waals surface area contributed by atoms with Gasteiger partial charge in [0.25, 0.3) is 0 Å². The van der Waals surface area contributed by atoms with Crippen molar-refractivity contribution in [1.82, 2.24) is 0 Å². The Kier molecular flexibility index (Phi) is 7.09. The summed E-state index contributed by atoms with van der Waals surface area (Å²) in [6, 6.07) is -0.581. The van der Waals surface area contributed by atoms with Crippen molar-refractivity contribution in [3.8, 4) is 0 Å².